The number of nitrogens with zero attached hydrogens (tertiary/aromatic N) is 3. The monoisotopic (exact) mass is 672 g/mol. The number of benzene rings is 3. The van der Waals surface area contributed by atoms with E-state index in [2.05, 4.69) is 21.0 Å². The molecule has 4 N–H and O–H groups in total. The Hall–Kier alpha value is -4.52. The largest absolute Gasteiger partial charge is 0.390 e. The van der Waals surface area contributed by atoms with Crippen molar-refractivity contribution in [3.63, 3.8) is 0 Å². The molecule has 2 heterocycles. The van der Waals surface area contributed by atoms with E-state index < -0.39 is 27.9 Å². The number of aliphatic hydroxyl groups excluding tert-OH is 1. The maximum absolute atomic E-state index is 14.0. The van der Waals surface area contributed by atoms with Crippen molar-refractivity contribution in [3.05, 3.63) is 119 Å². The lowest BCUT2D eigenvalue weighted by atomic mass is 9.99. The minimum atomic E-state index is -3.40. The van der Waals surface area contributed by atoms with Crippen molar-refractivity contribution >= 4 is 27.3 Å². The molecule has 0 spiro atoms. The maximum atomic E-state index is 14.0. The highest BCUT2D eigenvalue weighted by atomic mass is 32.2. The smallest absolute Gasteiger partial charge is 0.254 e. The molecule has 1 aliphatic heterocycles. The number of aryl methyl sites for hydroxylation is 1. The van der Waals surface area contributed by atoms with Gasteiger partial charge in [0.1, 0.15) is 5.88 Å². The summed E-state index contributed by atoms with van der Waals surface area (Å²) in [7, 11) is -3.40. The highest BCUT2D eigenvalue weighted by Gasteiger charge is 2.31. The summed E-state index contributed by atoms with van der Waals surface area (Å²) in [5.74, 6) is -1.09. The zero-order chi connectivity index (χ0) is 34.1. The number of amides is 2. The van der Waals surface area contributed by atoms with Crippen LogP contribution >= 0.6 is 0 Å². The Labute approximate surface area is 282 Å². The summed E-state index contributed by atoms with van der Waals surface area (Å²) >= 11 is 0. The van der Waals surface area contributed by atoms with Gasteiger partial charge in [-0.2, -0.15) is 5.10 Å². The Morgan fingerprint density at radius 1 is 1.00 bits per heavy atom. The van der Waals surface area contributed by atoms with Gasteiger partial charge in [0.05, 0.1) is 24.4 Å². The van der Waals surface area contributed by atoms with Gasteiger partial charge in [0.25, 0.3) is 11.8 Å². The summed E-state index contributed by atoms with van der Waals surface area (Å²) in [5, 5.41) is 24.7. The van der Waals surface area contributed by atoms with Crippen molar-refractivity contribution in [3.8, 4) is 0 Å². The second-order valence-corrected chi connectivity index (χ2v) is 14.4. The average Bonchev–Trinajstić information content (AvgIpc) is 3.77. The molecule has 12 heteroatoms. The van der Waals surface area contributed by atoms with Crippen LogP contribution in [0, 0.1) is 0 Å². The van der Waals surface area contributed by atoms with Crippen LogP contribution in [0.1, 0.15) is 63.2 Å². The Morgan fingerprint density at radius 2 is 1.71 bits per heavy atom. The van der Waals surface area contributed by atoms with E-state index in [0.29, 0.717) is 25.2 Å². The number of aromatic nitrogens is 2. The van der Waals surface area contributed by atoms with Crippen LogP contribution in [0.3, 0.4) is 0 Å². The standard InChI is InChI=1S/C36H44N6O5S/c1-3-41-24-27(22-39-41)21-37-23-34(43)32(17-26-11-6-4-7-12-26)40-35(44)29-18-30(20-31(19-29)38-25-48(2,46)47)36(45)42-16-10-15-33(42)28-13-8-5-9-14-28/h4-9,11-14,18-20,22,24,32-34,37-38,43H,3,10,15-17,21,23,25H2,1-2H3,(H,40,44)/t32-,33?,34+/m0/s1. The first-order valence-corrected chi connectivity index (χ1v) is 18.3. The second-order valence-electron chi connectivity index (χ2n) is 12.3. The van der Waals surface area contributed by atoms with Crippen molar-refractivity contribution in [1.82, 2.24) is 25.3 Å². The van der Waals surface area contributed by atoms with E-state index in [-0.39, 0.29) is 35.5 Å². The van der Waals surface area contributed by atoms with Crippen molar-refractivity contribution in [2.75, 3.05) is 30.5 Å². The van der Waals surface area contributed by atoms with E-state index in [4.69, 9.17) is 0 Å². The van der Waals surface area contributed by atoms with Crippen LogP contribution in [-0.2, 0) is 29.3 Å². The highest BCUT2D eigenvalue weighted by molar-refractivity contribution is 7.90. The molecule has 254 valence electrons. The van der Waals surface area contributed by atoms with E-state index >= 15 is 0 Å². The number of carbonyl (C=O) groups excluding carboxylic acids is 2. The molecular weight excluding hydrogens is 628 g/mol. The lowest BCUT2D eigenvalue weighted by molar-refractivity contribution is 0.0735. The number of carbonyl (C=O) groups is 2. The minimum absolute atomic E-state index is 0.0992. The van der Waals surface area contributed by atoms with Gasteiger partial charge in [-0.1, -0.05) is 60.7 Å². The molecular formula is C36H44N6O5S. The van der Waals surface area contributed by atoms with Crippen LogP contribution in [-0.4, -0.2) is 77.4 Å². The van der Waals surface area contributed by atoms with Crippen LogP contribution in [0.4, 0.5) is 5.69 Å². The fourth-order valence-electron chi connectivity index (χ4n) is 5.98. The van der Waals surface area contributed by atoms with E-state index in [1.807, 2.05) is 83.4 Å². The lowest BCUT2D eigenvalue weighted by Gasteiger charge is -2.26. The summed E-state index contributed by atoms with van der Waals surface area (Å²) in [5.41, 5.74) is 3.75. The minimum Gasteiger partial charge on any atom is -0.390 e. The van der Waals surface area contributed by atoms with Crippen LogP contribution in [0.5, 0.6) is 0 Å². The Bertz CT molecular complexity index is 1780. The molecule has 2 amide bonds. The summed E-state index contributed by atoms with van der Waals surface area (Å²) < 4.78 is 25.8. The normalized spacial score (nSPS) is 16.0. The Balaban J connectivity index is 1.38. The molecule has 1 saturated heterocycles. The molecule has 0 aliphatic carbocycles. The quantitative estimate of drug-likeness (QED) is 0.149. The molecule has 1 unspecified atom stereocenters. The third-order valence-electron chi connectivity index (χ3n) is 8.45. The number of anilines is 1. The van der Waals surface area contributed by atoms with Crippen LogP contribution in [0.2, 0.25) is 0 Å². The van der Waals surface area contributed by atoms with E-state index in [9.17, 15) is 23.1 Å². The summed E-state index contributed by atoms with van der Waals surface area (Å²) in [4.78, 5) is 29.7. The van der Waals surface area contributed by atoms with Crippen molar-refractivity contribution in [2.45, 2.75) is 57.5 Å². The van der Waals surface area contributed by atoms with Crippen molar-refractivity contribution < 1.29 is 23.1 Å². The molecule has 5 rings (SSSR count). The first-order chi connectivity index (χ1) is 23.1. The highest BCUT2D eigenvalue weighted by Crippen LogP contribution is 2.33. The summed E-state index contributed by atoms with van der Waals surface area (Å²) in [6.45, 7) is 4.05. The molecule has 1 fully saturated rings. The van der Waals surface area contributed by atoms with Crippen molar-refractivity contribution in [1.29, 1.82) is 0 Å². The second kappa shape index (κ2) is 16.1. The molecule has 1 aliphatic rings. The first kappa shape index (κ1) is 34.8. The maximum Gasteiger partial charge on any atom is 0.254 e. The van der Waals surface area contributed by atoms with Gasteiger partial charge >= 0.3 is 0 Å². The predicted molar refractivity (Wildman–Crippen MR) is 186 cm³/mol. The number of hydrogen-bond donors (Lipinski definition) is 4. The Morgan fingerprint density at radius 3 is 2.40 bits per heavy atom. The zero-order valence-corrected chi connectivity index (χ0v) is 28.2. The van der Waals surface area contributed by atoms with Crippen LogP contribution in [0.15, 0.2) is 91.3 Å². The third-order valence-corrected chi connectivity index (χ3v) is 9.12. The van der Waals surface area contributed by atoms with Gasteiger partial charge in [0.15, 0.2) is 9.84 Å². The van der Waals surface area contributed by atoms with E-state index in [1.165, 1.54) is 6.07 Å². The Kier molecular flexibility index (Phi) is 11.6. The van der Waals surface area contributed by atoms with Crippen molar-refractivity contribution in [2.24, 2.45) is 0 Å². The molecule has 0 radical (unpaired) electrons. The topological polar surface area (TPSA) is 146 Å². The van der Waals surface area contributed by atoms with Gasteiger partial charge < -0.3 is 26.0 Å². The van der Waals surface area contributed by atoms with Gasteiger partial charge in [-0.05, 0) is 55.5 Å². The summed E-state index contributed by atoms with van der Waals surface area (Å²) in [6, 6.07) is 23.3. The van der Waals surface area contributed by atoms with Gasteiger partial charge in [-0.25, -0.2) is 8.42 Å². The number of sulfone groups is 1. The van der Waals surface area contributed by atoms with Gasteiger partial charge in [-0.3, -0.25) is 14.3 Å². The molecule has 3 atom stereocenters. The van der Waals surface area contributed by atoms with E-state index in [1.54, 1.807) is 18.3 Å². The number of hydrogen-bond acceptors (Lipinski definition) is 8. The van der Waals surface area contributed by atoms with Gasteiger partial charge in [0.2, 0.25) is 0 Å². The molecule has 1 aromatic heterocycles. The molecule has 0 saturated carbocycles. The molecule has 0 bridgehead atoms. The molecule has 4 aromatic rings. The fraction of sp³-hybridized carbons (Fsp3) is 0.361. The number of nitrogens with one attached hydrogen (secondary N) is 3. The molecule has 3 aromatic carbocycles. The number of aliphatic hydroxyl groups is 1. The zero-order valence-electron chi connectivity index (χ0n) is 27.4. The molecule has 11 nitrogen and oxygen atoms in total. The lowest BCUT2D eigenvalue weighted by Crippen LogP contribution is -2.48. The van der Waals surface area contributed by atoms with Crippen LogP contribution < -0.4 is 16.0 Å². The average molecular weight is 673 g/mol. The fourth-order valence-corrected chi connectivity index (χ4v) is 6.41. The molecule has 48 heavy (non-hydrogen) atoms. The predicted octanol–water partition coefficient (Wildman–Crippen LogP) is 3.79. The number of rotatable bonds is 15. The van der Waals surface area contributed by atoms with Gasteiger partial charge in [0, 0.05) is 61.0 Å². The SMILES string of the molecule is CCn1cc(CNC[C@@H](O)[C@H](Cc2ccccc2)NC(=O)c2cc(NCS(C)(=O)=O)cc(C(=O)N3CCCC3c3ccccc3)c2)cn1. The first-order valence-electron chi connectivity index (χ1n) is 16.3. The van der Waals surface area contributed by atoms with Crippen LogP contribution in [0.25, 0.3) is 0 Å². The third kappa shape index (κ3) is 9.52. The summed E-state index contributed by atoms with van der Waals surface area (Å²) in [6.07, 6.45) is 5.92. The van der Waals surface area contributed by atoms with E-state index in [0.717, 1.165) is 42.3 Å². The number of likely N-dealkylation sites (tertiary alicyclic amines) is 1. The van der Waals surface area contributed by atoms with Gasteiger partial charge in [-0.15, -0.1) is 0 Å².